The Balaban J connectivity index is 1.95. The summed E-state index contributed by atoms with van der Waals surface area (Å²) >= 11 is 0. The van der Waals surface area contributed by atoms with Crippen LogP contribution in [0.4, 0.5) is 22.7 Å². The van der Waals surface area contributed by atoms with Crippen LogP contribution in [-0.2, 0) is 35.1 Å². The molecule has 0 aliphatic carbocycles. The van der Waals surface area contributed by atoms with Crippen molar-refractivity contribution in [1.82, 2.24) is 0 Å². The number of nitrogens with one attached hydrogen (secondary N) is 2. The predicted molar refractivity (Wildman–Crippen MR) is 152 cm³/mol. The molecule has 0 atom stereocenters. The van der Waals surface area contributed by atoms with Gasteiger partial charge in [-0.3, -0.25) is 18.6 Å². The number of aryl methyl sites for hydroxylation is 1. The lowest BCUT2D eigenvalue weighted by Crippen LogP contribution is -2.14. The molecule has 0 aromatic heterocycles. The summed E-state index contributed by atoms with van der Waals surface area (Å²) in [5.41, 5.74) is -0.0499. The molecule has 14 nitrogen and oxygen atoms in total. The predicted octanol–water partition coefficient (Wildman–Crippen LogP) is 4.52. The second kappa shape index (κ2) is 11.1. The van der Waals surface area contributed by atoms with E-state index in [1.54, 1.807) is 6.92 Å². The molecule has 42 heavy (non-hydrogen) atoms. The molecule has 0 bridgehead atoms. The highest BCUT2D eigenvalue weighted by atomic mass is 32.2. The SMILES string of the molecule is CC(=O)Nc1ccc(N=Nc2c(S(=O)(=O)O)cc3cc(S(=O)(=O)O)cc(NS(=O)(=O)c4ccc(C)cc4)c3c2O)cc1. The van der Waals surface area contributed by atoms with Gasteiger partial charge < -0.3 is 10.4 Å². The molecule has 0 fully saturated rings. The number of fused-ring (bicyclic) bond motifs is 1. The first-order valence-corrected chi connectivity index (χ1v) is 16.0. The molecule has 0 saturated carbocycles. The van der Waals surface area contributed by atoms with Gasteiger partial charge in [0.25, 0.3) is 30.3 Å². The highest BCUT2D eigenvalue weighted by Gasteiger charge is 2.27. The minimum Gasteiger partial charge on any atom is -0.505 e. The number of anilines is 2. The van der Waals surface area contributed by atoms with Crippen LogP contribution in [0.15, 0.2) is 91.6 Å². The number of aromatic hydroxyl groups is 1. The molecule has 5 N–H and O–H groups in total. The first kappa shape index (κ1) is 30.5. The molecule has 0 radical (unpaired) electrons. The Bertz CT molecular complexity index is 2080. The van der Waals surface area contributed by atoms with Gasteiger partial charge >= 0.3 is 0 Å². The standard InChI is InChI=1S/C25H22N4O10S3/c1-14-3-9-19(10-4-14)40(32,33)29-21-13-20(41(34,35)36)11-16-12-22(42(37,38)39)24(25(31)23(16)21)28-27-18-7-5-17(6-8-18)26-15(2)30/h3-13,29,31H,1-2H3,(H,26,30)(H,34,35,36)(H,37,38,39). The van der Waals surface area contributed by atoms with Crippen molar-refractivity contribution in [3.63, 3.8) is 0 Å². The van der Waals surface area contributed by atoms with Crippen LogP contribution < -0.4 is 10.0 Å². The minimum atomic E-state index is -5.13. The highest BCUT2D eigenvalue weighted by Crippen LogP contribution is 2.45. The fourth-order valence-corrected chi connectivity index (χ4v) is 6.09. The number of azo groups is 1. The third-order valence-corrected chi connectivity index (χ3v) is 8.81. The Morgan fingerprint density at radius 2 is 1.40 bits per heavy atom. The number of hydrogen-bond donors (Lipinski definition) is 5. The molecular formula is C25H22N4O10S3. The van der Waals surface area contributed by atoms with E-state index in [1.165, 1.54) is 55.5 Å². The molecule has 1 amide bonds. The maximum Gasteiger partial charge on any atom is 0.296 e. The molecule has 4 aromatic rings. The summed E-state index contributed by atoms with van der Waals surface area (Å²) in [5, 5.41) is 20.5. The smallest absolute Gasteiger partial charge is 0.296 e. The molecule has 0 saturated heterocycles. The average molecular weight is 635 g/mol. The molecule has 0 unspecified atom stereocenters. The highest BCUT2D eigenvalue weighted by molar-refractivity contribution is 7.92. The van der Waals surface area contributed by atoms with Crippen LogP contribution in [0, 0.1) is 6.92 Å². The van der Waals surface area contributed by atoms with Crippen molar-refractivity contribution < 1.29 is 44.3 Å². The average Bonchev–Trinajstić information content (AvgIpc) is 2.87. The number of hydrogen-bond acceptors (Lipinski definition) is 10. The lowest BCUT2D eigenvalue weighted by molar-refractivity contribution is -0.114. The van der Waals surface area contributed by atoms with Crippen LogP contribution in [0.5, 0.6) is 5.75 Å². The second-order valence-electron chi connectivity index (χ2n) is 8.94. The topological polar surface area (TPSA) is 229 Å². The Morgan fingerprint density at radius 3 is 1.95 bits per heavy atom. The summed E-state index contributed by atoms with van der Waals surface area (Å²) in [6.07, 6.45) is 0. The fourth-order valence-electron chi connectivity index (χ4n) is 3.83. The quantitative estimate of drug-likeness (QED) is 0.134. The van der Waals surface area contributed by atoms with E-state index in [-0.39, 0.29) is 16.5 Å². The van der Waals surface area contributed by atoms with Crippen LogP contribution in [-0.4, -0.2) is 45.4 Å². The van der Waals surface area contributed by atoms with Gasteiger partial charge in [-0.2, -0.15) is 21.9 Å². The Labute approximate surface area is 240 Å². The molecule has 0 spiro atoms. The Hall–Kier alpha value is -4.42. The number of carbonyl (C=O) groups is 1. The summed E-state index contributed by atoms with van der Waals surface area (Å²) in [4.78, 5) is 9.15. The van der Waals surface area contributed by atoms with Gasteiger partial charge in [0.2, 0.25) is 5.91 Å². The zero-order valence-corrected chi connectivity index (χ0v) is 24.1. The first-order chi connectivity index (χ1) is 19.5. The van der Waals surface area contributed by atoms with E-state index >= 15 is 0 Å². The number of amides is 1. The summed E-state index contributed by atoms with van der Waals surface area (Å²) < 4.78 is 96.4. The van der Waals surface area contributed by atoms with Gasteiger partial charge in [-0.1, -0.05) is 17.7 Å². The van der Waals surface area contributed by atoms with Crippen LogP contribution in [0.1, 0.15) is 12.5 Å². The van der Waals surface area contributed by atoms with Gasteiger partial charge in [-0.15, -0.1) is 5.11 Å². The Kier molecular flexibility index (Phi) is 8.07. The lowest BCUT2D eigenvalue weighted by atomic mass is 10.1. The zero-order valence-electron chi connectivity index (χ0n) is 21.7. The number of phenols is 1. The van der Waals surface area contributed by atoms with E-state index in [0.29, 0.717) is 5.69 Å². The van der Waals surface area contributed by atoms with Gasteiger partial charge in [0.05, 0.1) is 26.6 Å². The molecule has 4 rings (SSSR count). The second-order valence-corrected chi connectivity index (χ2v) is 13.4. The van der Waals surface area contributed by atoms with E-state index in [4.69, 9.17) is 0 Å². The maximum atomic E-state index is 13.1. The number of sulfonamides is 1. The molecular weight excluding hydrogens is 612 g/mol. The maximum absolute atomic E-state index is 13.1. The van der Waals surface area contributed by atoms with Crippen LogP contribution in [0.25, 0.3) is 10.8 Å². The third kappa shape index (κ3) is 6.72. The number of nitrogens with zero attached hydrogens (tertiary/aromatic N) is 2. The summed E-state index contributed by atoms with van der Waals surface area (Å²) in [7, 11) is -14.5. The Morgan fingerprint density at radius 1 is 0.786 bits per heavy atom. The van der Waals surface area contributed by atoms with Gasteiger partial charge in [-0.05, 0) is 66.9 Å². The molecule has 0 aliphatic rings. The molecule has 0 aliphatic heterocycles. The van der Waals surface area contributed by atoms with Gasteiger partial charge in [0.15, 0.2) is 5.75 Å². The van der Waals surface area contributed by atoms with E-state index in [2.05, 4.69) is 20.3 Å². The van der Waals surface area contributed by atoms with Crippen molar-refractivity contribution in [2.24, 2.45) is 10.2 Å². The van der Waals surface area contributed by atoms with Crippen LogP contribution >= 0.6 is 0 Å². The lowest BCUT2D eigenvalue weighted by Gasteiger charge is -2.16. The first-order valence-electron chi connectivity index (χ1n) is 11.6. The molecule has 17 heteroatoms. The van der Waals surface area contributed by atoms with Gasteiger partial charge in [-0.25, -0.2) is 8.42 Å². The minimum absolute atomic E-state index is 0.131. The number of rotatable bonds is 8. The van der Waals surface area contributed by atoms with Crippen LogP contribution in [0.3, 0.4) is 0 Å². The summed E-state index contributed by atoms with van der Waals surface area (Å²) in [6, 6.07) is 13.5. The molecule has 0 heterocycles. The van der Waals surface area contributed by atoms with Gasteiger partial charge in [0, 0.05) is 12.6 Å². The van der Waals surface area contributed by atoms with Crippen molar-refractivity contribution in [1.29, 1.82) is 0 Å². The van der Waals surface area contributed by atoms with E-state index in [0.717, 1.165) is 23.8 Å². The van der Waals surface area contributed by atoms with Gasteiger partial charge in [0.1, 0.15) is 10.6 Å². The normalized spacial score (nSPS) is 12.5. The zero-order chi connectivity index (χ0) is 31.0. The van der Waals surface area contributed by atoms with Crippen LogP contribution in [0.2, 0.25) is 0 Å². The van der Waals surface area contributed by atoms with Crippen molar-refractivity contribution in [3.8, 4) is 5.75 Å². The van der Waals surface area contributed by atoms with Crippen molar-refractivity contribution in [2.75, 3.05) is 10.0 Å². The van der Waals surface area contributed by atoms with Crippen molar-refractivity contribution in [3.05, 3.63) is 72.3 Å². The number of carbonyl (C=O) groups excluding carboxylic acids is 1. The number of phenolic OH excluding ortho intramolecular Hbond substituents is 1. The van der Waals surface area contributed by atoms with Crippen molar-refractivity contribution in [2.45, 2.75) is 28.5 Å². The summed E-state index contributed by atoms with van der Waals surface area (Å²) in [6.45, 7) is 3.03. The third-order valence-electron chi connectivity index (χ3n) is 5.73. The largest absolute Gasteiger partial charge is 0.505 e. The van der Waals surface area contributed by atoms with E-state index < -0.39 is 67.9 Å². The summed E-state index contributed by atoms with van der Waals surface area (Å²) in [5.74, 6) is -1.31. The molecule has 220 valence electrons. The number of benzene rings is 4. The van der Waals surface area contributed by atoms with Crippen molar-refractivity contribution >= 4 is 69.7 Å². The monoisotopic (exact) mass is 634 g/mol. The fraction of sp³-hybridized carbons (Fsp3) is 0.0800. The molecule has 4 aromatic carbocycles. The van der Waals surface area contributed by atoms with E-state index in [9.17, 15) is 44.3 Å². The van der Waals surface area contributed by atoms with E-state index in [1.807, 2.05) is 0 Å².